The second-order valence-electron chi connectivity index (χ2n) is 9.36. The van der Waals surface area contributed by atoms with Crippen LogP contribution in [0.25, 0.3) is 11.3 Å². The molecule has 0 atom stereocenters. The molecule has 10 heteroatoms. The van der Waals surface area contributed by atoms with Crippen LogP contribution in [0.4, 0.5) is 17.1 Å². The summed E-state index contributed by atoms with van der Waals surface area (Å²) in [7, 11) is -0.372. The first-order chi connectivity index (χ1) is 19.2. The molecule has 2 N–H and O–H groups in total. The van der Waals surface area contributed by atoms with Crippen LogP contribution in [0.15, 0.2) is 66.7 Å². The van der Waals surface area contributed by atoms with Crippen LogP contribution >= 0.6 is 0 Å². The van der Waals surface area contributed by atoms with Crippen molar-refractivity contribution in [3.63, 3.8) is 0 Å². The van der Waals surface area contributed by atoms with Crippen LogP contribution in [-0.2, 0) is 14.8 Å². The van der Waals surface area contributed by atoms with Crippen molar-refractivity contribution in [3.8, 4) is 11.5 Å². The van der Waals surface area contributed by atoms with E-state index in [0.717, 1.165) is 18.7 Å². The van der Waals surface area contributed by atoms with E-state index in [1.807, 2.05) is 42.5 Å². The fourth-order valence-electron chi connectivity index (χ4n) is 4.74. The van der Waals surface area contributed by atoms with Gasteiger partial charge in [0.1, 0.15) is 0 Å². The smallest absolute Gasteiger partial charge is 0.258 e. The fraction of sp³-hybridized carbons (Fsp3) is 0.300. The first-order valence-corrected chi connectivity index (χ1v) is 15.0. The molecule has 9 nitrogen and oxygen atoms in total. The van der Waals surface area contributed by atoms with Crippen molar-refractivity contribution < 1.29 is 22.7 Å². The summed E-state index contributed by atoms with van der Waals surface area (Å²) in [5.74, 6) is 0.773. The number of carbonyl (C=O) groups is 1. The van der Waals surface area contributed by atoms with Crippen molar-refractivity contribution >= 4 is 44.3 Å². The molecule has 3 aromatic carbocycles. The van der Waals surface area contributed by atoms with Gasteiger partial charge in [0.15, 0.2) is 11.5 Å². The minimum absolute atomic E-state index is 0.257. The Balaban J connectivity index is 1.73. The monoisotopic (exact) mass is 564 g/mol. The number of ether oxygens (including phenoxy) is 2. The molecule has 0 saturated carbocycles. The number of amides is 1. The Morgan fingerprint density at radius 3 is 2.10 bits per heavy atom. The highest BCUT2D eigenvalue weighted by Crippen LogP contribution is 2.43. The van der Waals surface area contributed by atoms with Crippen molar-refractivity contribution in [2.45, 2.75) is 13.8 Å². The maximum atomic E-state index is 13.3. The van der Waals surface area contributed by atoms with Crippen LogP contribution in [0.3, 0.4) is 0 Å². The molecule has 1 amide bonds. The highest BCUT2D eigenvalue weighted by molar-refractivity contribution is 7.92. The Morgan fingerprint density at radius 1 is 0.900 bits per heavy atom. The molecule has 0 radical (unpaired) electrons. The van der Waals surface area contributed by atoms with Gasteiger partial charge in [-0.15, -0.1) is 0 Å². The lowest BCUT2D eigenvalue weighted by molar-refractivity contribution is -0.110. The molecule has 4 rings (SSSR count). The van der Waals surface area contributed by atoms with E-state index in [0.29, 0.717) is 58.5 Å². The molecule has 0 saturated heterocycles. The third-order valence-electron chi connectivity index (χ3n) is 6.92. The molecule has 40 heavy (non-hydrogen) atoms. The molecule has 0 bridgehead atoms. The first kappa shape index (κ1) is 29.0. The number of anilines is 3. The number of methoxy groups -OCH3 is 2. The molecule has 3 aromatic rings. The van der Waals surface area contributed by atoms with Gasteiger partial charge >= 0.3 is 0 Å². The minimum atomic E-state index is -3.47. The highest BCUT2D eigenvalue weighted by Gasteiger charge is 2.30. The maximum absolute atomic E-state index is 13.3. The summed E-state index contributed by atoms with van der Waals surface area (Å²) < 4.78 is 37.6. The van der Waals surface area contributed by atoms with Crippen molar-refractivity contribution in [2.24, 2.45) is 0 Å². The SMILES string of the molecule is CCN(CC)CCN(c1ccc(N/C(=C2\C(=O)Nc3cc(OC)c(OC)cc32)c2ccccc2)cc1)S(C)(=O)=O. The lowest BCUT2D eigenvalue weighted by atomic mass is 9.99. The van der Waals surface area contributed by atoms with E-state index in [1.165, 1.54) is 10.6 Å². The number of hydrogen-bond acceptors (Lipinski definition) is 7. The van der Waals surface area contributed by atoms with E-state index in [1.54, 1.807) is 38.5 Å². The molecule has 1 aliphatic rings. The average Bonchev–Trinajstić information content (AvgIpc) is 3.27. The van der Waals surface area contributed by atoms with Crippen molar-refractivity contribution in [1.29, 1.82) is 0 Å². The summed E-state index contributed by atoms with van der Waals surface area (Å²) in [6.07, 6.45) is 1.22. The van der Waals surface area contributed by atoms with E-state index in [4.69, 9.17) is 9.47 Å². The minimum Gasteiger partial charge on any atom is -0.493 e. The second kappa shape index (κ2) is 12.4. The third-order valence-corrected chi connectivity index (χ3v) is 8.11. The van der Waals surface area contributed by atoms with E-state index < -0.39 is 10.0 Å². The number of sulfonamides is 1. The number of nitrogens with zero attached hydrogens (tertiary/aromatic N) is 2. The average molecular weight is 565 g/mol. The van der Waals surface area contributed by atoms with Crippen molar-refractivity contribution in [2.75, 3.05) is 61.6 Å². The summed E-state index contributed by atoms with van der Waals surface area (Å²) in [6, 6.07) is 20.3. The van der Waals surface area contributed by atoms with Crippen LogP contribution in [0, 0.1) is 0 Å². The maximum Gasteiger partial charge on any atom is 0.258 e. The molecule has 0 fully saturated rings. The number of rotatable bonds is 12. The van der Waals surface area contributed by atoms with E-state index in [9.17, 15) is 13.2 Å². The number of fused-ring (bicyclic) bond motifs is 1. The summed E-state index contributed by atoms with van der Waals surface area (Å²) in [5.41, 5.74) is 4.48. The van der Waals surface area contributed by atoms with Gasteiger partial charge in [-0.1, -0.05) is 44.2 Å². The van der Waals surface area contributed by atoms with E-state index in [-0.39, 0.29) is 5.91 Å². The normalized spacial score (nSPS) is 14.0. The van der Waals surface area contributed by atoms with Crippen molar-refractivity contribution in [1.82, 2.24) is 4.90 Å². The second-order valence-corrected chi connectivity index (χ2v) is 11.3. The summed E-state index contributed by atoms with van der Waals surface area (Å²) in [5, 5.41) is 6.35. The van der Waals surface area contributed by atoms with Gasteiger partial charge in [0.2, 0.25) is 10.0 Å². The van der Waals surface area contributed by atoms with Crippen LogP contribution in [-0.4, -0.2) is 65.9 Å². The number of nitrogens with one attached hydrogen (secondary N) is 2. The molecule has 0 aliphatic carbocycles. The predicted molar refractivity (Wildman–Crippen MR) is 161 cm³/mol. The Kier molecular flexibility index (Phi) is 9.01. The van der Waals surface area contributed by atoms with Crippen LogP contribution in [0.5, 0.6) is 11.5 Å². The van der Waals surface area contributed by atoms with Gasteiger partial charge in [0, 0.05) is 30.4 Å². The van der Waals surface area contributed by atoms with E-state index >= 15 is 0 Å². The molecule has 212 valence electrons. The summed E-state index contributed by atoms with van der Waals surface area (Å²) in [4.78, 5) is 15.5. The lowest BCUT2D eigenvalue weighted by Crippen LogP contribution is -2.38. The van der Waals surface area contributed by atoms with Crippen LogP contribution in [0.1, 0.15) is 25.0 Å². The molecular formula is C30H36N4O5S. The zero-order valence-corrected chi connectivity index (χ0v) is 24.3. The number of hydrogen-bond donors (Lipinski definition) is 2. The number of likely N-dealkylation sites (N-methyl/N-ethyl adjacent to an activating group) is 1. The molecule has 1 aliphatic heterocycles. The quantitative estimate of drug-likeness (QED) is 0.307. The van der Waals surface area contributed by atoms with Crippen molar-refractivity contribution in [3.05, 3.63) is 77.9 Å². The Labute approximate surface area is 236 Å². The van der Waals surface area contributed by atoms with Gasteiger partial charge in [-0.25, -0.2) is 8.42 Å². The Morgan fingerprint density at radius 2 is 1.52 bits per heavy atom. The summed E-state index contributed by atoms with van der Waals surface area (Å²) in [6.45, 7) is 6.81. The largest absolute Gasteiger partial charge is 0.493 e. The number of benzene rings is 3. The Bertz CT molecular complexity index is 1480. The molecule has 1 heterocycles. The van der Waals surface area contributed by atoms with Gasteiger partial charge in [-0.2, -0.15) is 0 Å². The van der Waals surface area contributed by atoms with Gasteiger partial charge in [-0.3, -0.25) is 9.10 Å². The zero-order valence-electron chi connectivity index (χ0n) is 23.5. The predicted octanol–water partition coefficient (Wildman–Crippen LogP) is 4.74. The third kappa shape index (κ3) is 6.24. The topological polar surface area (TPSA) is 100 Å². The molecule has 0 unspecified atom stereocenters. The Hall–Kier alpha value is -4.02. The van der Waals surface area contributed by atoms with E-state index in [2.05, 4.69) is 29.4 Å². The highest BCUT2D eigenvalue weighted by atomic mass is 32.2. The first-order valence-electron chi connectivity index (χ1n) is 13.1. The van der Waals surface area contributed by atoms with Gasteiger partial charge in [0.25, 0.3) is 5.91 Å². The molecular weight excluding hydrogens is 528 g/mol. The van der Waals surface area contributed by atoms with Gasteiger partial charge in [0.05, 0.1) is 43.1 Å². The number of carbonyl (C=O) groups excluding carboxylic acids is 1. The van der Waals surface area contributed by atoms with Crippen LogP contribution in [0.2, 0.25) is 0 Å². The lowest BCUT2D eigenvalue weighted by Gasteiger charge is -2.26. The standard InChI is InChI=1S/C30H36N4O5S/c1-6-33(7-2)17-18-34(40(5,36)37)23-15-13-22(14-16-23)31-29(21-11-9-8-10-12-21)28-24-19-26(38-3)27(39-4)20-25(24)32-30(28)35/h8-16,19-20,31H,6-7,17-18H2,1-5H3,(H,32,35)/b29-28-. The summed E-state index contributed by atoms with van der Waals surface area (Å²) >= 11 is 0. The van der Waals surface area contributed by atoms with Gasteiger partial charge < -0.3 is 25.0 Å². The van der Waals surface area contributed by atoms with Gasteiger partial charge in [-0.05, 0) is 49.0 Å². The molecule has 0 spiro atoms. The molecule has 0 aromatic heterocycles. The fourth-order valence-corrected chi connectivity index (χ4v) is 5.66. The zero-order chi connectivity index (χ0) is 28.9. The van der Waals surface area contributed by atoms with Crippen LogP contribution < -0.4 is 24.4 Å².